The third-order valence-electron chi connectivity index (χ3n) is 3.49. The van der Waals surface area contributed by atoms with Crippen LogP contribution in [0, 0.1) is 5.41 Å². The lowest BCUT2D eigenvalue weighted by molar-refractivity contribution is -0.125. The molecule has 1 unspecified atom stereocenters. The van der Waals surface area contributed by atoms with E-state index in [1.54, 1.807) is 31.2 Å². The smallest absolute Gasteiger partial charge is 0.251 e. The predicted octanol–water partition coefficient (Wildman–Crippen LogP) is 2.12. The molecule has 1 aliphatic rings. The van der Waals surface area contributed by atoms with Gasteiger partial charge in [0.15, 0.2) is 0 Å². The van der Waals surface area contributed by atoms with Gasteiger partial charge in [0.2, 0.25) is 5.91 Å². The van der Waals surface area contributed by atoms with Gasteiger partial charge < -0.3 is 10.6 Å². The first kappa shape index (κ1) is 15.1. The molecule has 0 saturated heterocycles. The third-order valence-corrected chi connectivity index (χ3v) is 4.59. The van der Waals surface area contributed by atoms with E-state index in [9.17, 15) is 9.59 Å². The minimum atomic E-state index is -0.968. The van der Waals surface area contributed by atoms with Crippen molar-refractivity contribution in [3.8, 4) is 0 Å². The third kappa shape index (κ3) is 3.07. The van der Waals surface area contributed by atoms with E-state index < -0.39 is 9.75 Å². The van der Waals surface area contributed by atoms with Gasteiger partial charge in [0.25, 0.3) is 5.91 Å². The van der Waals surface area contributed by atoms with E-state index in [1.807, 2.05) is 6.07 Å². The lowest BCUT2D eigenvalue weighted by atomic mass is 10.1. The number of amides is 2. The second kappa shape index (κ2) is 5.62. The molecule has 4 nitrogen and oxygen atoms in total. The maximum Gasteiger partial charge on any atom is 0.251 e. The summed E-state index contributed by atoms with van der Waals surface area (Å²) in [6.07, 6.45) is 0.450. The van der Waals surface area contributed by atoms with Crippen LogP contribution in [0.2, 0.25) is 0 Å². The van der Waals surface area contributed by atoms with Crippen molar-refractivity contribution < 1.29 is 9.59 Å². The Kier molecular flexibility index (Phi) is 4.25. The number of halogens is 2. The summed E-state index contributed by atoms with van der Waals surface area (Å²) in [5.41, 5.74) is -0.131. The Balaban J connectivity index is 1.70. The first-order valence-corrected chi connectivity index (χ1v) is 7.12. The maximum atomic E-state index is 11.9. The normalized spacial score (nSPS) is 22.9. The molecule has 2 rings (SSSR count). The minimum absolute atomic E-state index is 0.165. The summed E-state index contributed by atoms with van der Waals surface area (Å²) in [6, 6.07) is 8.90. The number of hydrogen-bond acceptors (Lipinski definition) is 2. The summed E-state index contributed by atoms with van der Waals surface area (Å²) in [6.45, 7) is 2.43. The second-order valence-corrected chi connectivity index (χ2v) is 6.58. The first-order valence-electron chi connectivity index (χ1n) is 6.36. The van der Waals surface area contributed by atoms with Gasteiger partial charge in [0, 0.05) is 18.7 Å². The SMILES string of the molecule is CC1(C(=O)NCCNC(=O)c2ccccc2)CC1(Cl)Cl. The zero-order valence-electron chi connectivity index (χ0n) is 11.1. The summed E-state index contributed by atoms with van der Waals surface area (Å²) in [5, 5.41) is 5.45. The van der Waals surface area contributed by atoms with Crippen LogP contribution in [0.3, 0.4) is 0 Å². The van der Waals surface area contributed by atoms with Gasteiger partial charge in [-0.05, 0) is 25.5 Å². The van der Waals surface area contributed by atoms with Crippen molar-refractivity contribution in [1.82, 2.24) is 10.6 Å². The lowest BCUT2D eigenvalue weighted by Gasteiger charge is -2.12. The van der Waals surface area contributed by atoms with Crippen LogP contribution in [-0.2, 0) is 4.79 Å². The van der Waals surface area contributed by atoms with E-state index in [0.29, 0.717) is 25.1 Å². The van der Waals surface area contributed by atoms with Gasteiger partial charge in [-0.3, -0.25) is 9.59 Å². The van der Waals surface area contributed by atoms with E-state index in [4.69, 9.17) is 23.2 Å². The van der Waals surface area contributed by atoms with Crippen molar-refractivity contribution in [2.75, 3.05) is 13.1 Å². The number of alkyl halides is 2. The van der Waals surface area contributed by atoms with Gasteiger partial charge in [0.05, 0.1) is 5.41 Å². The Morgan fingerprint density at radius 2 is 1.70 bits per heavy atom. The van der Waals surface area contributed by atoms with E-state index in [2.05, 4.69) is 10.6 Å². The molecule has 1 aliphatic carbocycles. The Labute approximate surface area is 127 Å². The van der Waals surface area contributed by atoms with Crippen molar-refractivity contribution in [2.45, 2.75) is 17.7 Å². The van der Waals surface area contributed by atoms with Crippen LogP contribution in [-0.4, -0.2) is 29.2 Å². The van der Waals surface area contributed by atoms with Crippen LogP contribution in [0.4, 0.5) is 0 Å². The molecule has 1 atom stereocenters. The molecule has 20 heavy (non-hydrogen) atoms. The van der Waals surface area contributed by atoms with Crippen molar-refractivity contribution >= 4 is 35.0 Å². The quantitative estimate of drug-likeness (QED) is 0.646. The molecule has 0 bridgehead atoms. The Morgan fingerprint density at radius 3 is 2.25 bits per heavy atom. The fourth-order valence-corrected chi connectivity index (χ4v) is 2.59. The highest BCUT2D eigenvalue weighted by atomic mass is 35.5. The summed E-state index contributed by atoms with van der Waals surface area (Å²) >= 11 is 11.8. The summed E-state index contributed by atoms with van der Waals surface area (Å²) in [4.78, 5) is 23.6. The highest BCUT2D eigenvalue weighted by molar-refractivity contribution is 6.53. The molecule has 2 N–H and O–H groups in total. The molecular formula is C14H16Cl2N2O2. The van der Waals surface area contributed by atoms with Crippen LogP contribution in [0.15, 0.2) is 30.3 Å². The molecule has 0 radical (unpaired) electrons. The van der Waals surface area contributed by atoms with E-state index >= 15 is 0 Å². The molecule has 1 aromatic rings. The maximum absolute atomic E-state index is 11.9. The highest BCUT2D eigenvalue weighted by Gasteiger charge is 2.67. The molecule has 1 aromatic carbocycles. The number of benzene rings is 1. The Hall–Kier alpha value is -1.26. The van der Waals surface area contributed by atoms with Crippen molar-refractivity contribution in [2.24, 2.45) is 5.41 Å². The summed E-state index contributed by atoms with van der Waals surface area (Å²) in [5.74, 6) is -0.349. The zero-order valence-corrected chi connectivity index (χ0v) is 12.6. The zero-order chi connectivity index (χ0) is 14.8. The van der Waals surface area contributed by atoms with Gasteiger partial charge in [-0.1, -0.05) is 18.2 Å². The molecule has 108 valence electrons. The van der Waals surface area contributed by atoms with Crippen LogP contribution in [0.1, 0.15) is 23.7 Å². The fourth-order valence-electron chi connectivity index (χ4n) is 1.88. The van der Waals surface area contributed by atoms with Gasteiger partial charge in [0.1, 0.15) is 4.33 Å². The number of carbonyl (C=O) groups is 2. The molecule has 6 heteroatoms. The van der Waals surface area contributed by atoms with Gasteiger partial charge in [-0.25, -0.2) is 0 Å². The summed E-state index contributed by atoms with van der Waals surface area (Å²) < 4.78 is -0.968. The van der Waals surface area contributed by atoms with Crippen molar-refractivity contribution in [1.29, 1.82) is 0 Å². The molecular weight excluding hydrogens is 299 g/mol. The van der Waals surface area contributed by atoms with Gasteiger partial charge in [-0.2, -0.15) is 0 Å². The van der Waals surface area contributed by atoms with Crippen LogP contribution >= 0.6 is 23.2 Å². The van der Waals surface area contributed by atoms with Crippen molar-refractivity contribution in [3.63, 3.8) is 0 Å². The number of hydrogen-bond donors (Lipinski definition) is 2. The average Bonchev–Trinajstić information content (AvgIpc) is 2.95. The molecule has 1 saturated carbocycles. The monoisotopic (exact) mass is 314 g/mol. The number of carbonyl (C=O) groups excluding carboxylic acids is 2. The largest absolute Gasteiger partial charge is 0.354 e. The first-order chi connectivity index (χ1) is 9.37. The molecule has 0 spiro atoms. The van der Waals surface area contributed by atoms with E-state index in [-0.39, 0.29) is 11.8 Å². The second-order valence-electron chi connectivity index (χ2n) is 5.09. The standard InChI is InChI=1S/C14H16Cl2N2O2/c1-13(9-14(13,15)16)12(20)18-8-7-17-11(19)10-5-3-2-4-6-10/h2-6H,7-9H2,1H3,(H,17,19)(H,18,20). The number of nitrogens with one attached hydrogen (secondary N) is 2. The van der Waals surface area contributed by atoms with Crippen LogP contribution in [0.5, 0.6) is 0 Å². The van der Waals surface area contributed by atoms with Crippen LogP contribution in [0.25, 0.3) is 0 Å². The Morgan fingerprint density at radius 1 is 1.15 bits per heavy atom. The topological polar surface area (TPSA) is 58.2 Å². The van der Waals surface area contributed by atoms with Gasteiger partial charge in [-0.15, -0.1) is 23.2 Å². The minimum Gasteiger partial charge on any atom is -0.354 e. The van der Waals surface area contributed by atoms with Gasteiger partial charge >= 0.3 is 0 Å². The molecule has 0 aromatic heterocycles. The average molecular weight is 315 g/mol. The predicted molar refractivity (Wildman–Crippen MR) is 78.9 cm³/mol. The van der Waals surface area contributed by atoms with Crippen LogP contribution < -0.4 is 10.6 Å². The fraction of sp³-hybridized carbons (Fsp3) is 0.429. The van der Waals surface area contributed by atoms with E-state index in [1.165, 1.54) is 0 Å². The van der Waals surface area contributed by atoms with E-state index in [0.717, 1.165) is 0 Å². The molecule has 0 heterocycles. The molecule has 1 fully saturated rings. The van der Waals surface area contributed by atoms with Crippen molar-refractivity contribution in [3.05, 3.63) is 35.9 Å². The highest BCUT2D eigenvalue weighted by Crippen LogP contribution is 2.63. The molecule has 2 amide bonds. The Bertz CT molecular complexity index is 519. The number of rotatable bonds is 5. The molecule has 0 aliphatic heterocycles. The summed E-state index contributed by atoms with van der Waals surface area (Å²) in [7, 11) is 0. The lowest BCUT2D eigenvalue weighted by Crippen LogP contribution is -2.39.